The second-order valence-electron chi connectivity index (χ2n) is 1.86. The second-order valence-corrected chi connectivity index (χ2v) is 1.86. The molecule has 0 amide bonds. The van der Waals surface area contributed by atoms with Crippen LogP contribution in [0.1, 0.15) is 16.1 Å². The SMILES string of the molecule is [CH2]OC(=O)c1occc1C. The topological polar surface area (TPSA) is 39.4 Å². The van der Waals surface area contributed by atoms with Crippen molar-refractivity contribution < 1.29 is 13.9 Å². The lowest BCUT2D eigenvalue weighted by molar-refractivity contribution is 0.0618. The fourth-order valence-electron chi connectivity index (χ4n) is 0.647. The molecule has 0 aliphatic carbocycles. The smallest absolute Gasteiger partial charge is 0.374 e. The van der Waals surface area contributed by atoms with Crippen molar-refractivity contribution in [3.8, 4) is 0 Å². The van der Waals surface area contributed by atoms with Crippen molar-refractivity contribution in [3.63, 3.8) is 0 Å². The van der Waals surface area contributed by atoms with Gasteiger partial charge in [-0.2, -0.15) is 0 Å². The van der Waals surface area contributed by atoms with E-state index in [1.54, 1.807) is 13.0 Å². The van der Waals surface area contributed by atoms with E-state index < -0.39 is 5.97 Å². The Morgan fingerprint density at radius 1 is 1.80 bits per heavy atom. The Morgan fingerprint density at radius 2 is 2.50 bits per heavy atom. The molecule has 0 unspecified atom stereocenters. The maximum atomic E-state index is 10.7. The molecule has 3 nitrogen and oxygen atoms in total. The molecule has 0 aliphatic rings. The molecule has 0 saturated heterocycles. The predicted molar refractivity (Wildman–Crippen MR) is 34.2 cm³/mol. The summed E-state index contributed by atoms with van der Waals surface area (Å²) in [6.45, 7) is 1.76. The number of carbonyl (C=O) groups is 1. The molecule has 0 aromatic carbocycles. The van der Waals surface area contributed by atoms with Crippen LogP contribution < -0.4 is 0 Å². The molecule has 1 aromatic heterocycles. The largest absolute Gasteiger partial charge is 0.457 e. The molecule has 0 fully saturated rings. The Bertz CT molecular complexity index is 237. The number of hydrogen-bond donors (Lipinski definition) is 0. The Kier molecular flexibility index (Phi) is 1.76. The molecule has 1 rings (SSSR count). The number of esters is 1. The van der Waals surface area contributed by atoms with Gasteiger partial charge in [-0.05, 0) is 13.0 Å². The highest BCUT2D eigenvalue weighted by Crippen LogP contribution is 2.09. The van der Waals surface area contributed by atoms with E-state index in [4.69, 9.17) is 4.42 Å². The number of rotatable bonds is 1. The third kappa shape index (κ3) is 1.03. The second kappa shape index (κ2) is 2.56. The summed E-state index contributed by atoms with van der Waals surface area (Å²) in [5.41, 5.74) is 0.758. The first-order valence-electron chi connectivity index (χ1n) is 2.76. The number of carbonyl (C=O) groups excluding carboxylic acids is 1. The van der Waals surface area contributed by atoms with Crippen molar-refractivity contribution in [2.75, 3.05) is 0 Å². The van der Waals surface area contributed by atoms with Crippen LogP contribution in [0.15, 0.2) is 16.7 Å². The summed E-state index contributed by atoms with van der Waals surface area (Å²) in [7, 11) is 2.97. The van der Waals surface area contributed by atoms with Crippen LogP contribution in [0.25, 0.3) is 0 Å². The third-order valence-electron chi connectivity index (χ3n) is 1.18. The molecule has 0 aliphatic heterocycles. The lowest BCUT2D eigenvalue weighted by Gasteiger charge is -1.92. The average molecular weight is 139 g/mol. The average Bonchev–Trinajstić information content (AvgIpc) is 2.34. The van der Waals surface area contributed by atoms with Gasteiger partial charge in [-0.1, -0.05) is 0 Å². The fourth-order valence-corrected chi connectivity index (χ4v) is 0.647. The van der Waals surface area contributed by atoms with Gasteiger partial charge in [-0.15, -0.1) is 0 Å². The van der Waals surface area contributed by atoms with E-state index in [1.165, 1.54) is 6.26 Å². The summed E-state index contributed by atoms with van der Waals surface area (Å²) < 4.78 is 9.00. The summed E-state index contributed by atoms with van der Waals surface area (Å²) >= 11 is 0. The van der Waals surface area contributed by atoms with Crippen molar-refractivity contribution in [1.82, 2.24) is 0 Å². The fraction of sp³-hybridized carbons (Fsp3) is 0.143. The maximum absolute atomic E-state index is 10.7. The van der Waals surface area contributed by atoms with Gasteiger partial charge < -0.3 is 9.15 Å². The molecular formula is C7H7O3. The number of hydrogen-bond acceptors (Lipinski definition) is 3. The monoisotopic (exact) mass is 139 g/mol. The van der Waals surface area contributed by atoms with E-state index in [-0.39, 0.29) is 5.76 Å². The van der Waals surface area contributed by atoms with Gasteiger partial charge in [0.1, 0.15) is 7.11 Å². The molecular weight excluding hydrogens is 132 g/mol. The summed E-state index contributed by atoms with van der Waals surface area (Å²) in [6.07, 6.45) is 1.43. The minimum Gasteiger partial charge on any atom is -0.457 e. The van der Waals surface area contributed by atoms with Crippen LogP contribution >= 0.6 is 0 Å². The lowest BCUT2D eigenvalue weighted by Crippen LogP contribution is -1.98. The number of aryl methyl sites for hydroxylation is 1. The summed E-state index contributed by atoms with van der Waals surface area (Å²) in [6, 6.07) is 1.69. The first-order valence-corrected chi connectivity index (χ1v) is 2.76. The molecule has 1 aromatic rings. The molecule has 53 valence electrons. The van der Waals surface area contributed by atoms with E-state index in [9.17, 15) is 4.79 Å². The molecule has 0 saturated carbocycles. The van der Waals surface area contributed by atoms with E-state index in [2.05, 4.69) is 11.8 Å². The Balaban J connectivity index is 2.93. The van der Waals surface area contributed by atoms with Crippen molar-refractivity contribution in [2.24, 2.45) is 0 Å². The van der Waals surface area contributed by atoms with Gasteiger partial charge in [-0.25, -0.2) is 4.79 Å². The van der Waals surface area contributed by atoms with Crippen LogP contribution in [0.2, 0.25) is 0 Å². The summed E-state index contributed by atoms with van der Waals surface area (Å²) in [4.78, 5) is 10.7. The molecule has 0 atom stereocenters. The molecule has 1 radical (unpaired) electrons. The minimum absolute atomic E-state index is 0.218. The highest BCUT2D eigenvalue weighted by molar-refractivity contribution is 5.87. The van der Waals surface area contributed by atoms with Crippen molar-refractivity contribution >= 4 is 5.97 Å². The zero-order chi connectivity index (χ0) is 7.56. The number of ether oxygens (including phenoxy) is 1. The standard InChI is InChI=1S/C7H7O3/c1-5-3-4-10-6(5)7(8)9-2/h3-4H,2H2,1H3. The molecule has 1 heterocycles. The van der Waals surface area contributed by atoms with Gasteiger partial charge in [0.25, 0.3) is 0 Å². The van der Waals surface area contributed by atoms with Crippen LogP contribution in [0, 0.1) is 14.0 Å². The first kappa shape index (κ1) is 6.86. The zero-order valence-corrected chi connectivity index (χ0v) is 5.59. The first-order chi connectivity index (χ1) is 4.75. The Morgan fingerprint density at radius 3 is 2.90 bits per heavy atom. The zero-order valence-electron chi connectivity index (χ0n) is 5.59. The van der Waals surface area contributed by atoms with Crippen molar-refractivity contribution in [2.45, 2.75) is 6.92 Å². The van der Waals surface area contributed by atoms with Gasteiger partial charge in [-0.3, -0.25) is 0 Å². The van der Waals surface area contributed by atoms with E-state index in [0.717, 1.165) is 5.56 Å². The quantitative estimate of drug-likeness (QED) is 0.554. The van der Waals surface area contributed by atoms with Crippen molar-refractivity contribution in [1.29, 1.82) is 0 Å². The van der Waals surface area contributed by atoms with Gasteiger partial charge in [0.05, 0.1) is 6.26 Å². The molecule has 10 heavy (non-hydrogen) atoms. The minimum atomic E-state index is -0.539. The molecule has 0 N–H and O–H groups in total. The maximum Gasteiger partial charge on any atom is 0.374 e. The van der Waals surface area contributed by atoms with Crippen LogP contribution in [0.5, 0.6) is 0 Å². The predicted octanol–water partition coefficient (Wildman–Crippen LogP) is 1.54. The van der Waals surface area contributed by atoms with Crippen LogP contribution in [-0.2, 0) is 4.74 Å². The van der Waals surface area contributed by atoms with E-state index in [0.29, 0.717) is 0 Å². The molecule has 0 spiro atoms. The van der Waals surface area contributed by atoms with E-state index >= 15 is 0 Å². The van der Waals surface area contributed by atoms with Crippen LogP contribution in [0.4, 0.5) is 0 Å². The lowest BCUT2D eigenvalue weighted by atomic mass is 10.3. The van der Waals surface area contributed by atoms with E-state index in [1.807, 2.05) is 0 Å². The highest BCUT2D eigenvalue weighted by atomic mass is 16.5. The van der Waals surface area contributed by atoms with Crippen LogP contribution in [0.3, 0.4) is 0 Å². The highest BCUT2D eigenvalue weighted by Gasteiger charge is 2.11. The van der Waals surface area contributed by atoms with Gasteiger partial charge in [0.15, 0.2) is 0 Å². The van der Waals surface area contributed by atoms with Crippen molar-refractivity contribution in [3.05, 3.63) is 30.8 Å². The summed E-state index contributed by atoms with van der Waals surface area (Å²) in [5.74, 6) is -0.322. The normalized spacial score (nSPS) is 9.40. The third-order valence-corrected chi connectivity index (χ3v) is 1.18. The molecule has 3 heteroatoms. The van der Waals surface area contributed by atoms with Gasteiger partial charge in [0.2, 0.25) is 5.76 Å². The van der Waals surface area contributed by atoms with Gasteiger partial charge >= 0.3 is 5.97 Å². The summed E-state index contributed by atoms with van der Waals surface area (Å²) in [5, 5.41) is 0. The van der Waals surface area contributed by atoms with Gasteiger partial charge in [0, 0.05) is 5.56 Å². The number of furan rings is 1. The van der Waals surface area contributed by atoms with Crippen LogP contribution in [-0.4, -0.2) is 5.97 Å². The molecule has 0 bridgehead atoms. The Hall–Kier alpha value is -1.25. The Labute approximate surface area is 58.6 Å².